The Bertz CT molecular complexity index is 251. The zero-order chi connectivity index (χ0) is 10.4. The van der Waals surface area contributed by atoms with Crippen LogP contribution in [0.1, 0.15) is 51.9 Å². The first-order chi connectivity index (χ1) is 6.72. The summed E-state index contributed by atoms with van der Waals surface area (Å²) in [6, 6.07) is 0. The summed E-state index contributed by atoms with van der Waals surface area (Å²) in [6.07, 6.45) is 7.40. The minimum absolute atomic E-state index is 0.191. The van der Waals surface area contributed by atoms with Crippen LogP contribution >= 0.6 is 0 Å². The van der Waals surface area contributed by atoms with Gasteiger partial charge in [0.05, 0.1) is 0 Å². The van der Waals surface area contributed by atoms with Gasteiger partial charge in [0.1, 0.15) is 5.78 Å². The molecule has 0 atom stereocenters. The molecule has 0 radical (unpaired) electrons. The van der Waals surface area contributed by atoms with Gasteiger partial charge < -0.3 is 0 Å². The zero-order valence-electron chi connectivity index (χ0n) is 8.84. The van der Waals surface area contributed by atoms with E-state index in [1.807, 2.05) is 0 Å². The molecule has 2 nitrogen and oxygen atoms in total. The van der Waals surface area contributed by atoms with Gasteiger partial charge in [0.25, 0.3) is 0 Å². The van der Waals surface area contributed by atoms with Crippen LogP contribution in [-0.2, 0) is 9.59 Å². The smallest absolute Gasteiger partial charge is 0.155 e. The van der Waals surface area contributed by atoms with Gasteiger partial charge in [0, 0.05) is 19.3 Å². The molecule has 0 aromatic carbocycles. The van der Waals surface area contributed by atoms with Crippen LogP contribution in [0.3, 0.4) is 0 Å². The second kappa shape index (κ2) is 5.74. The Morgan fingerprint density at radius 2 is 2.21 bits per heavy atom. The molecule has 1 fully saturated rings. The Balaban J connectivity index is 2.41. The average Bonchev–Trinajstić information content (AvgIpc) is 2.15. The molecule has 2 heteroatoms. The van der Waals surface area contributed by atoms with Gasteiger partial charge in [0.15, 0.2) is 5.78 Å². The largest absolute Gasteiger partial charge is 0.299 e. The van der Waals surface area contributed by atoms with E-state index in [1.54, 1.807) is 6.08 Å². The van der Waals surface area contributed by atoms with Crippen LogP contribution in [0.4, 0.5) is 0 Å². The fourth-order valence-corrected chi connectivity index (χ4v) is 1.72. The van der Waals surface area contributed by atoms with Crippen LogP contribution in [0, 0.1) is 0 Å². The summed E-state index contributed by atoms with van der Waals surface area (Å²) in [5.41, 5.74) is 1.04. The lowest BCUT2D eigenvalue weighted by atomic mass is 9.92. The van der Waals surface area contributed by atoms with Gasteiger partial charge in [-0.15, -0.1) is 0 Å². The van der Waals surface area contributed by atoms with Gasteiger partial charge in [-0.2, -0.15) is 0 Å². The predicted octanol–water partition coefficient (Wildman–Crippen LogP) is 2.82. The molecule has 0 aromatic rings. The molecule has 0 unspecified atom stereocenters. The van der Waals surface area contributed by atoms with E-state index < -0.39 is 0 Å². The summed E-state index contributed by atoms with van der Waals surface area (Å²) >= 11 is 0. The third-order valence-electron chi connectivity index (χ3n) is 2.52. The maximum absolute atomic E-state index is 11.4. The van der Waals surface area contributed by atoms with E-state index in [0.717, 1.165) is 31.3 Å². The third-order valence-corrected chi connectivity index (χ3v) is 2.52. The lowest BCUT2D eigenvalue weighted by molar-refractivity contribution is -0.119. The van der Waals surface area contributed by atoms with Crippen LogP contribution in [0.2, 0.25) is 0 Å². The standard InChI is InChI=1S/C12H18O2/c1-2-3-6-11(13)8-10-5-4-7-12(14)9-10/h8H,2-7,9H2,1H3/b10-8-. The van der Waals surface area contributed by atoms with E-state index in [4.69, 9.17) is 0 Å². The molecular weight excluding hydrogens is 176 g/mol. The minimum Gasteiger partial charge on any atom is -0.299 e. The second-order valence-corrected chi connectivity index (χ2v) is 3.94. The highest BCUT2D eigenvalue weighted by Crippen LogP contribution is 2.20. The first-order valence-electron chi connectivity index (χ1n) is 5.46. The van der Waals surface area contributed by atoms with E-state index in [9.17, 15) is 9.59 Å². The van der Waals surface area contributed by atoms with Gasteiger partial charge in [-0.25, -0.2) is 0 Å². The summed E-state index contributed by atoms with van der Waals surface area (Å²) in [6.45, 7) is 2.07. The zero-order valence-corrected chi connectivity index (χ0v) is 8.84. The van der Waals surface area contributed by atoms with Crippen LogP contribution in [0.25, 0.3) is 0 Å². The molecule has 0 N–H and O–H groups in total. The highest BCUT2D eigenvalue weighted by atomic mass is 16.1. The van der Waals surface area contributed by atoms with Crippen molar-refractivity contribution in [1.29, 1.82) is 0 Å². The predicted molar refractivity (Wildman–Crippen MR) is 56.1 cm³/mol. The van der Waals surface area contributed by atoms with Gasteiger partial charge >= 0.3 is 0 Å². The van der Waals surface area contributed by atoms with Crippen molar-refractivity contribution in [3.05, 3.63) is 11.6 Å². The molecule has 0 aromatic heterocycles. The lowest BCUT2D eigenvalue weighted by Gasteiger charge is -2.11. The number of unbranched alkanes of at least 4 members (excludes halogenated alkanes) is 1. The van der Waals surface area contributed by atoms with Gasteiger partial charge in [-0.1, -0.05) is 18.9 Å². The number of carbonyl (C=O) groups excluding carboxylic acids is 2. The molecule has 1 aliphatic rings. The third kappa shape index (κ3) is 3.86. The van der Waals surface area contributed by atoms with Crippen molar-refractivity contribution >= 4 is 11.6 Å². The van der Waals surface area contributed by atoms with Crippen LogP contribution in [0.5, 0.6) is 0 Å². The molecule has 0 amide bonds. The topological polar surface area (TPSA) is 34.1 Å². The summed E-state index contributed by atoms with van der Waals surface area (Å²) < 4.78 is 0. The van der Waals surface area contributed by atoms with Crippen molar-refractivity contribution in [2.45, 2.75) is 51.9 Å². The fourth-order valence-electron chi connectivity index (χ4n) is 1.72. The Kier molecular flexibility index (Phi) is 4.57. The van der Waals surface area contributed by atoms with Crippen molar-refractivity contribution in [3.63, 3.8) is 0 Å². The van der Waals surface area contributed by atoms with Crippen molar-refractivity contribution in [3.8, 4) is 0 Å². The molecule has 0 aliphatic heterocycles. The Morgan fingerprint density at radius 3 is 2.86 bits per heavy atom. The first-order valence-corrected chi connectivity index (χ1v) is 5.46. The maximum Gasteiger partial charge on any atom is 0.155 e. The Hall–Kier alpha value is -0.920. The maximum atomic E-state index is 11.4. The van der Waals surface area contributed by atoms with Crippen LogP contribution < -0.4 is 0 Å². The molecule has 0 spiro atoms. The summed E-state index contributed by atoms with van der Waals surface area (Å²) in [5, 5.41) is 0. The number of carbonyl (C=O) groups is 2. The number of rotatable bonds is 4. The van der Waals surface area contributed by atoms with Gasteiger partial charge in [-0.3, -0.25) is 9.59 Å². The first kappa shape index (κ1) is 11.2. The second-order valence-electron chi connectivity index (χ2n) is 3.94. The molecule has 1 rings (SSSR count). The number of Topliss-reactive ketones (excluding diaryl/α,β-unsaturated/α-hetero) is 1. The number of hydrogen-bond donors (Lipinski definition) is 0. The van der Waals surface area contributed by atoms with Crippen molar-refractivity contribution in [1.82, 2.24) is 0 Å². The molecule has 1 aliphatic carbocycles. The van der Waals surface area contributed by atoms with Gasteiger partial charge in [-0.05, 0) is 25.3 Å². The normalized spacial score (nSPS) is 20.1. The highest BCUT2D eigenvalue weighted by Gasteiger charge is 2.13. The van der Waals surface area contributed by atoms with Crippen LogP contribution in [-0.4, -0.2) is 11.6 Å². The van der Waals surface area contributed by atoms with Crippen molar-refractivity contribution in [2.24, 2.45) is 0 Å². The molecule has 0 heterocycles. The molecule has 78 valence electrons. The van der Waals surface area contributed by atoms with E-state index >= 15 is 0 Å². The molecule has 14 heavy (non-hydrogen) atoms. The molecule has 0 saturated heterocycles. The molecular formula is C12H18O2. The highest BCUT2D eigenvalue weighted by molar-refractivity contribution is 5.92. The Morgan fingerprint density at radius 1 is 1.43 bits per heavy atom. The van der Waals surface area contributed by atoms with Crippen molar-refractivity contribution < 1.29 is 9.59 Å². The van der Waals surface area contributed by atoms with E-state index in [-0.39, 0.29) is 11.6 Å². The number of ketones is 2. The molecule has 0 bridgehead atoms. The summed E-state index contributed by atoms with van der Waals surface area (Å²) in [5.74, 6) is 0.474. The average molecular weight is 194 g/mol. The monoisotopic (exact) mass is 194 g/mol. The van der Waals surface area contributed by atoms with Crippen LogP contribution in [0.15, 0.2) is 11.6 Å². The quantitative estimate of drug-likeness (QED) is 0.645. The minimum atomic E-state index is 0.191. The van der Waals surface area contributed by atoms with Crippen molar-refractivity contribution in [2.75, 3.05) is 0 Å². The van der Waals surface area contributed by atoms with E-state index in [2.05, 4.69) is 6.92 Å². The summed E-state index contributed by atoms with van der Waals surface area (Å²) in [7, 11) is 0. The SMILES string of the molecule is CCCCC(=O)/C=C1/CCCC(=O)C1. The number of hydrogen-bond acceptors (Lipinski definition) is 2. The molecule has 1 saturated carbocycles. The summed E-state index contributed by atoms with van der Waals surface area (Å²) in [4.78, 5) is 22.5. The van der Waals surface area contributed by atoms with E-state index in [1.165, 1.54) is 0 Å². The number of allylic oxidation sites excluding steroid dienone is 2. The van der Waals surface area contributed by atoms with Gasteiger partial charge in [0.2, 0.25) is 0 Å². The lowest BCUT2D eigenvalue weighted by Crippen LogP contribution is -2.08. The fraction of sp³-hybridized carbons (Fsp3) is 0.667. The Labute approximate surface area is 85.4 Å². The van der Waals surface area contributed by atoms with E-state index in [0.29, 0.717) is 19.3 Å².